The van der Waals surface area contributed by atoms with Gasteiger partial charge in [0, 0.05) is 5.56 Å². The molecule has 0 fully saturated rings. The molecule has 88 valence electrons. The first-order chi connectivity index (χ1) is 8.90. The fourth-order valence-electron chi connectivity index (χ4n) is 1.65. The van der Waals surface area contributed by atoms with E-state index in [4.69, 9.17) is 0 Å². The van der Waals surface area contributed by atoms with Crippen molar-refractivity contribution < 1.29 is 0 Å². The van der Waals surface area contributed by atoms with Gasteiger partial charge in [-0.15, -0.1) is 24.3 Å². The third-order valence-electron chi connectivity index (χ3n) is 2.51. The Morgan fingerprint density at radius 2 is 1.56 bits per heavy atom. The summed E-state index contributed by atoms with van der Waals surface area (Å²) in [6.45, 7) is 2.01. The van der Waals surface area contributed by atoms with Crippen molar-refractivity contribution in [3.8, 4) is 0 Å². The van der Waals surface area contributed by atoms with Crippen LogP contribution in [0.1, 0.15) is 23.6 Å². The van der Waals surface area contributed by atoms with Gasteiger partial charge >= 0.3 is 0 Å². The fourth-order valence-corrected chi connectivity index (χ4v) is 1.65. The summed E-state index contributed by atoms with van der Waals surface area (Å²) in [7, 11) is 0. The molecule has 18 heavy (non-hydrogen) atoms. The maximum absolute atomic E-state index is 4.25. The van der Waals surface area contributed by atoms with Crippen molar-refractivity contribution in [3.63, 3.8) is 0 Å². The molecule has 1 nitrogen and oxygen atoms in total. The molecule has 0 aliphatic carbocycles. The summed E-state index contributed by atoms with van der Waals surface area (Å²) in [6.07, 6.45) is 8.94. The summed E-state index contributed by atoms with van der Waals surface area (Å²) in [5.74, 6) is 0. The van der Waals surface area contributed by atoms with E-state index >= 15 is 0 Å². The van der Waals surface area contributed by atoms with Crippen LogP contribution in [0, 0.1) is 0 Å². The molecule has 0 bridgehead atoms. The summed E-state index contributed by atoms with van der Waals surface area (Å²) < 4.78 is 4.25. The molecular formula is C17H15N. The lowest BCUT2D eigenvalue weighted by Crippen LogP contribution is -1.91. The van der Waals surface area contributed by atoms with E-state index in [1.54, 1.807) is 0 Å². The first kappa shape index (κ1) is 12.1. The third-order valence-corrected chi connectivity index (χ3v) is 2.51. The zero-order chi connectivity index (χ0) is 12.6. The highest BCUT2D eigenvalue weighted by Crippen LogP contribution is 2.07. The molecule has 0 atom stereocenters. The Balaban J connectivity index is 2.26. The molecule has 0 heterocycles. The van der Waals surface area contributed by atoms with E-state index in [2.05, 4.69) is 23.0 Å². The van der Waals surface area contributed by atoms with Crippen LogP contribution in [-0.2, 0) is 0 Å². The molecule has 2 aromatic carbocycles. The Kier molecular flexibility index (Phi) is 4.29. The largest absolute Gasteiger partial charge is 0.290 e. The van der Waals surface area contributed by atoms with Crippen molar-refractivity contribution in [2.45, 2.75) is 6.92 Å². The molecule has 0 spiro atoms. The van der Waals surface area contributed by atoms with Gasteiger partial charge < -0.3 is 0 Å². The second-order valence-electron chi connectivity index (χ2n) is 3.86. The van der Waals surface area contributed by atoms with Gasteiger partial charge in [-0.2, -0.15) is 4.67 Å². The molecule has 0 radical (unpaired) electrons. The Hall–Kier alpha value is -2.37. The van der Waals surface area contributed by atoms with Gasteiger partial charge in [-0.1, -0.05) is 48.0 Å². The SMILES string of the molecule is C/C=C\c1ccccc1C=[N+]=[C-]c1ccccc1. The Labute approximate surface area is 108 Å². The number of hydrogen-bond acceptors (Lipinski definition) is 0. The first-order valence-corrected chi connectivity index (χ1v) is 5.96. The molecule has 1 heteroatoms. The van der Waals surface area contributed by atoms with Gasteiger partial charge in [0.15, 0.2) is 0 Å². The van der Waals surface area contributed by atoms with E-state index < -0.39 is 0 Å². The van der Waals surface area contributed by atoms with E-state index in [9.17, 15) is 0 Å². The Bertz CT molecular complexity index is 588. The molecule has 0 aliphatic heterocycles. The highest BCUT2D eigenvalue weighted by Gasteiger charge is 1.95. The summed E-state index contributed by atoms with van der Waals surface area (Å²) in [5, 5.41) is 0. The molecule has 2 rings (SSSR count). The summed E-state index contributed by atoms with van der Waals surface area (Å²) in [4.78, 5) is 0. The molecule has 0 amide bonds. The van der Waals surface area contributed by atoms with Crippen molar-refractivity contribution in [1.82, 2.24) is 4.67 Å². The molecule has 0 saturated carbocycles. The zero-order valence-electron chi connectivity index (χ0n) is 10.4. The van der Waals surface area contributed by atoms with E-state index in [0.29, 0.717) is 0 Å². The van der Waals surface area contributed by atoms with Crippen molar-refractivity contribution >= 4 is 18.5 Å². The number of hydrogen-bond donors (Lipinski definition) is 0. The highest BCUT2D eigenvalue weighted by atomic mass is 14.5. The fraction of sp³-hybridized carbons (Fsp3) is 0.0588. The smallest absolute Gasteiger partial charge is 0.187 e. The molecule has 0 unspecified atom stereocenters. The van der Waals surface area contributed by atoms with Crippen LogP contribution in [0.3, 0.4) is 0 Å². The van der Waals surface area contributed by atoms with E-state index in [1.165, 1.54) is 5.56 Å². The lowest BCUT2D eigenvalue weighted by molar-refractivity contribution is 1.58. The standard InChI is InChI=1S/C17H15N/c1-2-8-16-11-6-7-12-17(16)14-18-13-15-9-4-3-5-10-15/h2-12,14H,1H3/b8-2-. The van der Waals surface area contributed by atoms with Crippen LogP contribution in [0.4, 0.5) is 0 Å². The molecule has 0 aliphatic rings. The topological polar surface area (TPSA) is 14.1 Å². The predicted molar refractivity (Wildman–Crippen MR) is 79.0 cm³/mol. The average molecular weight is 233 g/mol. The second-order valence-corrected chi connectivity index (χ2v) is 3.86. The number of nitrogens with zero attached hydrogens (tertiary/aromatic N) is 1. The molecule has 0 aromatic heterocycles. The van der Waals surface area contributed by atoms with Crippen LogP contribution < -0.4 is 4.67 Å². The van der Waals surface area contributed by atoms with E-state index in [1.807, 2.05) is 67.7 Å². The van der Waals surface area contributed by atoms with Gasteiger partial charge in [0.1, 0.15) is 0 Å². The maximum atomic E-state index is 4.25. The van der Waals surface area contributed by atoms with Crippen LogP contribution in [0.15, 0.2) is 60.7 Å². The van der Waals surface area contributed by atoms with Crippen LogP contribution in [0.5, 0.6) is 0 Å². The average Bonchev–Trinajstić information content (AvgIpc) is 2.42. The van der Waals surface area contributed by atoms with Crippen LogP contribution in [0.25, 0.3) is 6.08 Å². The number of benzene rings is 2. The van der Waals surface area contributed by atoms with Crippen LogP contribution in [0.2, 0.25) is 0 Å². The monoisotopic (exact) mass is 233 g/mol. The first-order valence-electron chi connectivity index (χ1n) is 5.96. The highest BCUT2D eigenvalue weighted by molar-refractivity contribution is 5.89. The minimum absolute atomic E-state index is 0.984. The van der Waals surface area contributed by atoms with Crippen molar-refractivity contribution in [2.75, 3.05) is 0 Å². The normalized spacial score (nSPS) is 10.1. The van der Waals surface area contributed by atoms with E-state index in [0.717, 1.165) is 11.1 Å². The Morgan fingerprint density at radius 3 is 2.28 bits per heavy atom. The van der Waals surface area contributed by atoms with Crippen molar-refractivity contribution in [1.29, 1.82) is 0 Å². The summed E-state index contributed by atoms with van der Waals surface area (Å²) in [5.41, 5.74) is 3.25. The van der Waals surface area contributed by atoms with Crippen LogP contribution >= 0.6 is 0 Å². The molecule has 0 N–H and O–H groups in total. The van der Waals surface area contributed by atoms with Gasteiger partial charge in [0.2, 0.25) is 6.21 Å². The summed E-state index contributed by atoms with van der Waals surface area (Å²) in [6, 6.07) is 18.1. The lowest BCUT2D eigenvalue weighted by atomic mass is 10.1. The third kappa shape index (κ3) is 3.31. The lowest BCUT2D eigenvalue weighted by Gasteiger charge is -1.95. The minimum Gasteiger partial charge on any atom is -0.187 e. The van der Waals surface area contributed by atoms with Gasteiger partial charge in [-0.3, -0.25) is 0 Å². The molecule has 0 saturated heterocycles. The minimum atomic E-state index is 0.984. The van der Waals surface area contributed by atoms with Gasteiger partial charge in [-0.05, 0) is 12.5 Å². The van der Waals surface area contributed by atoms with Crippen LogP contribution in [-0.4, -0.2) is 12.4 Å². The van der Waals surface area contributed by atoms with Gasteiger partial charge in [0.05, 0.1) is 0 Å². The van der Waals surface area contributed by atoms with Crippen molar-refractivity contribution in [3.05, 3.63) is 77.4 Å². The van der Waals surface area contributed by atoms with Crippen molar-refractivity contribution in [2.24, 2.45) is 0 Å². The Morgan fingerprint density at radius 1 is 0.889 bits per heavy atom. The van der Waals surface area contributed by atoms with Gasteiger partial charge in [0.25, 0.3) is 6.21 Å². The predicted octanol–water partition coefficient (Wildman–Crippen LogP) is 3.20. The quantitative estimate of drug-likeness (QED) is 0.439. The maximum Gasteiger partial charge on any atom is 0.290 e. The van der Waals surface area contributed by atoms with E-state index in [-0.39, 0.29) is 0 Å². The zero-order valence-corrected chi connectivity index (χ0v) is 10.4. The van der Waals surface area contributed by atoms with Gasteiger partial charge in [-0.25, -0.2) is 0 Å². The molecular weight excluding hydrogens is 218 g/mol. The number of rotatable bonds is 3. The summed E-state index contributed by atoms with van der Waals surface area (Å²) >= 11 is 0. The second kappa shape index (κ2) is 6.39. The molecule has 2 aromatic rings. The number of allylic oxidation sites excluding steroid dienone is 1.